The fraction of sp³-hybridized carbons (Fsp3) is 0.0870. The first-order valence-corrected chi connectivity index (χ1v) is 18.8. The first-order chi connectivity index (χ1) is 24.0. The topological polar surface area (TPSA) is 22.0 Å². The Kier molecular flexibility index (Phi) is 6.00. The van der Waals surface area contributed by atoms with Gasteiger partial charge in [-0.05, 0) is 93.0 Å². The number of fused-ring (bicyclic) bond motifs is 8. The summed E-state index contributed by atoms with van der Waals surface area (Å²) in [4.78, 5) is 0. The molecule has 2 aliphatic rings. The zero-order valence-electron chi connectivity index (χ0n) is 27.5. The standard InChI is InChI=1S/C46H34NOP/c1-46(2)41-22-11-9-19-35(41)38-28-30-14-13-21-37-43(30)40(44(38)46)29-39-36-20-10-12-23-42(36)47(45(37)39)31-24-26-34(27-25-31)49(48,32-15-5-3-6-16-32)33-17-7-4-8-18-33/h3-20,22-29H,21H2,1-2H3. The van der Waals surface area contributed by atoms with Crippen LogP contribution in [-0.4, -0.2) is 4.57 Å². The maximum absolute atomic E-state index is 15.1. The summed E-state index contributed by atoms with van der Waals surface area (Å²) in [5.41, 5.74) is 11.6. The SMILES string of the molecule is CC1(C)c2ccccc2-c2cc3c4c(c5c(cc4c21)c1ccccc1n5-c1ccc(P(=O)(c2ccccc2)c2ccccc2)cc1)CC=C3. The van der Waals surface area contributed by atoms with E-state index in [0.29, 0.717) is 0 Å². The minimum absolute atomic E-state index is 0.101. The highest BCUT2D eigenvalue weighted by atomic mass is 31.2. The largest absolute Gasteiger partial charge is 0.309 e. The lowest BCUT2D eigenvalue weighted by molar-refractivity contribution is 0.592. The van der Waals surface area contributed by atoms with E-state index in [-0.39, 0.29) is 5.41 Å². The molecule has 1 heterocycles. The van der Waals surface area contributed by atoms with E-state index in [2.05, 4.69) is 115 Å². The molecule has 2 nitrogen and oxygen atoms in total. The van der Waals surface area contributed by atoms with E-state index in [1.165, 1.54) is 66.0 Å². The summed E-state index contributed by atoms with van der Waals surface area (Å²) in [6.45, 7) is 4.77. The molecule has 49 heavy (non-hydrogen) atoms. The zero-order valence-corrected chi connectivity index (χ0v) is 28.4. The Morgan fingerprint density at radius 3 is 1.98 bits per heavy atom. The van der Waals surface area contributed by atoms with Gasteiger partial charge in [0.1, 0.15) is 0 Å². The van der Waals surface area contributed by atoms with Crippen molar-refractivity contribution < 1.29 is 4.57 Å². The molecule has 0 unspecified atom stereocenters. The molecule has 10 rings (SSSR count). The quantitative estimate of drug-likeness (QED) is 0.174. The van der Waals surface area contributed by atoms with Crippen LogP contribution in [0, 0.1) is 0 Å². The van der Waals surface area contributed by atoms with Crippen LogP contribution in [0.15, 0.2) is 152 Å². The molecule has 0 bridgehead atoms. The second-order valence-electron chi connectivity index (χ2n) is 14.0. The van der Waals surface area contributed by atoms with Gasteiger partial charge < -0.3 is 9.13 Å². The Hall–Kier alpha value is -5.43. The van der Waals surface area contributed by atoms with Gasteiger partial charge in [-0.1, -0.05) is 129 Å². The summed E-state index contributed by atoms with van der Waals surface area (Å²) in [5, 5.41) is 7.79. The highest BCUT2D eigenvalue weighted by Crippen LogP contribution is 2.54. The van der Waals surface area contributed by atoms with Crippen molar-refractivity contribution >= 4 is 61.7 Å². The maximum Gasteiger partial charge on any atom is 0.171 e. The summed E-state index contributed by atoms with van der Waals surface area (Å²) in [6.07, 6.45) is 5.52. The molecule has 7 aromatic carbocycles. The smallest absolute Gasteiger partial charge is 0.171 e. The molecule has 0 atom stereocenters. The molecule has 0 fully saturated rings. The fourth-order valence-corrected chi connectivity index (χ4v) is 11.5. The third-order valence-electron chi connectivity index (χ3n) is 11.0. The van der Waals surface area contributed by atoms with Crippen molar-refractivity contribution in [2.75, 3.05) is 0 Å². The minimum atomic E-state index is -3.08. The Morgan fingerprint density at radius 2 is 1.24 bits per heavy atom. The Balaban J connectivity index is 1.24. The van der Waals surface area contributed by atoms with E-state index in [9.17, 15) is 0 Å². The molecule has 3 heteroatoms. The van der Waals surface area contributed by atoms with Crippen molar-refractivity contribution in [3.05, 3.63) is 174 Å². The van der Waals surface area contributed by atoms with Gasteiger partial charge in [0.15, 0.2) is 7.14 Å². The van der Waals surface area contributed by atoms with Crippen LogP contribution in [-0.2, 0) is 16.4 Å². The highest BCUT2D eigenvalue weighted by Gasteiger charge is 2.38. The third-order valence-corrected chi connectivity index (χ3v) is 14.1. The highest BCUT2D eigenvalue weighted by molar-refractivity contribution is 7.85. The predicted molar refractivity (Wildman–Crippen MR) is 208 cm³/mol. The number of para-hydroxylation sites is 1. The summed E-state index contributed by atoms with van der Waals surface area (Å²) >= 11 is 0. The van der Waals surface area contributed by atoms with Crippen LogP contribution in [0.2, 0.25) is 0 Å². The molecule has 0 radical (unpaired) electrons. The average molecular weight is 648 g/mol. The summed E-state index contributed by atoms with van der Waals surface area (Å²) in [6, 6.07) is 51.0. The monoisotopic (exact) mass is 647 g/mol. The van der Waals surface area contributed by atoms with Crippen molar-refractivity contribution in [3.63, 3.8) is 0 Å². The van der Waals surface area contributed by atoms with E-state index in [1.54, 1.807) is 0 Å². The number of hydrogen-bond acceptors (Lipinski definition) is 1. The van der Waals surface area contributed by atoms with Gasteiger partial charge in [0, 0.05) is 37.8 Å². The van der Waals surface area contributed by atoms with Crippen LogP contribution < -0.4 is 15.9 Å². The number of allylic oxidation sites excluding steroid dienone is 1. The van der Waals surface area contributed by atoms with E-state index in [4.69, 9.17) is 0 Å². The van der Waals surface area contributed by atoms with Crippen molar-refractivity contribution in [1.82, 2.24) is 4.57 Å². The number of benzene rings is 7. The first-order valence-electron chi connectivity index (χ1n) is 17.1. The van der Waals surface area contributed by atoms with E-state index in [1.807, 2.05) is 60.7 Å². The van der Waals surface area contributed by atoms with Crippen LogP contribution in [0.25, 0.3) is 55.5 Å². The number of rotatable bonds is 4. The Bertz CT molecular complexity index is 2670. The first kappa shape index (κ1) is 28.6. The molecule has 0 amide bonds. The molecular weight excluding hydrogens is 613 g/mol. The lowest BCUT2D eigenvalue weighted by atomic mass is 9.78. The second-order valence-corrected chi connectivity index (χ2v) is 16.8. The average Bonchev–Trinajstić information content (AvgIpc) is 3.61. The predicted octanol–water partition coefficient (Wildman–Crippen LogP) is 10.5. The van der Waals surface area contributed by atoms with Gasteiger partial charge in [-0.3, -0.25) is 0 Å². The van der Waals surface area contributed by atoms with Gasteiger partial charge in [-0.2, -0.15) is 0 Å². The van der Waals surface area contributed by atoms with Crippen LogP contribution in [0.5, 0.6) is 0 Å². The molecule has 8 aromatic rings. The molecule has 234 valence electrons. The Morgan fingerprint density at radius 1 is 0.612 bits per heavy atom. The second kappa shape index (κ2) is 10.3. The van der Waals surface area contributed by atoms with Crippen molar-refractivity contribution in [2.24, 2.45) is 0 Å². The molecule has 0 saturated carbocycles. The van der Waals surface area contributed by atoms with E-state index in [0.717, 1.165) is 28.0 Å². The van der Waals surface area contributed by atoms with Crippen LogP contribution in [0.4, 0.5) is 0 Å². The molecule has 0 saturated heterocycles. The van der Waals surface area contributed by atoms with Crippen molar-refractivity contribution in [2.45, 2.75) is 25.7 Å². The summed E-state index contributed by atoms with van der Waals surface area (Å²) < 4.78 is 17.6. The van der Waals surface area contributed by atoms with E-state index >= 15 is 4.57 Å². The van der Waals surface area contributed by atoms with Gasteiger partial charge in [-0.25, -0.2) is 0 Å². The maximum atomic E-state index is 15.1. The molecule has 1 aromatic heterocycles. The van der Waals surface area contributed by atoms with Crippen LogP contribution >= 0.6 is 7.14 Å². The fourth-order valence-electron chi connectivity index (χ4n) is 8.90. The Labute approximate surface area is 286 Å². The van der Waals surface area contributed by atoms with Gasteiger partial charge in [-0.15, -0.1) is 0 Å². The van der Waals surface area contributed by atoms with Crippen molar-refractivity contribution in [1.29, 1.82) is 0 Å². The molecule has 2 aliphatic carbocycles. The zero-order chi connectivity index (χ0) is 32.9. The van der Waals surface area contributed by atoms with Gasteiger partial charge in [0.25, 0.3) is 0 Å². The lowest BCUT2D eigenvalue weighted by Crippen LogP contribution is -2.25. The normalized spacial score (nSPS) is 14.4. The van der Waals surface area contributed by atoms with Crippen molar-refractivity contribution in [3.8, 4) is 16.8 Å². The lowest BCUT2D eigenvalue weighted by Gasteiger charge is -2.26. The summed E-state index contributed by atoms with van der Waals surface area (Å²) in [7, 11) is -3.08. The number of hydrogen-bond donors (Lipinski definition) is 0. The summed E-state index contributed by atoms with van der Waals surface area (Å²) in [5.74, 6) is 0. The number of nitrogens with zero attached hydrogens (tertiary/aromatic N) is 1. The molecule has 0 N–H and O–H groups in total. The van der Waals surface area contributed by atoms with Gasteiger partial charge in [0.05, 0.1) is 11.0 Å². The van der Waals surface area contributed by atoms with Gasteiger partial charge >= 0.3 is 0 Å². The molecule has 0 spiro atoms. The third kappa shape index (κ3) is 3.87. The van der Waals surface area contributed by atoms with E-state index < -0.39 is 7.14 Å². The van der Waals surface area contributed by atoms with Crippen LogP contribution in [0.3, 0.4) is 0 Å². The minimum Gasteiger partial charge on any atom is -0.309 e. The van der Waals surface area contributed by atoms with Gasteiger partial charge in [0.2, 0.25) is 0 Å². The molecular formula is C46H34NOP. The molecule has 0 aliphatic heterocycles. The van der Waals surface area contributed by atoms with Crippen LogP contribution in [0.1, 0.15) is 36.1 Å². The number of aromatic nitrogens is 1.